The smallest absolute Gasteiger partial charge is 0.244 e. The van der Waals surface area contributed by atoms with E-state index < -0.39 is 10.0 Å². The molecule has 1 heterocycles. The molecule has 1 aliphatic rings. The van der Waals surface area contributed by atoms with Gasteiger partial charge in [-0.1, -0.05) is 6.92 Å². The SMILES string of the molecule is CC1CCCN(S(=O)(=O)c2cc(N)ccc2Br)CC1. The van der Waals surface area contributed by atoms with Crippen LogP contribution in [0.3, 0.4) is 0 Å². The second kappa shape index (κ2) is 5.81. The molecule has 19 heavy (non-hydrogen) atoms. The summed E-state index contributed by atoms with van der Waals surface area (Å²) in [6, 6.07) is 4.89. The van der Waals surface area contributed by atoms with E-state index in [-0.39, 0.29) is 4.90 Å². The highest BCUT2D eigenvalue weighted by Crippen LogP contribution is 2.29. The molecule has 0 bridgehead atoms. The van der Waals surface area contributed by atoms with Crippen LogP contribution in [0.2, 0.25) is 0 Å². The van der Waals surface area contributed by atoms with Crippen LogP contribution >= 0.6 is 15.9 Å². The fourth-order valence-electron chi connectivity index (χ4n) is 2.33. The van der Waals surface area contributed by atoms with Crippen molar-refractivity contribution in [1.29, 1.82) is 0 Å². The molecule has 1 saturated heterocycles. The van der Waals surface area contributed by atoms with Crippen LogP contribution < -0.4 is 5.73 Å². The first-order valence-corrected chi connectivity index (χ1v) is 8.70. The first-order valence-electron chi connectivity index (χ1n) is 6.46. The number of hydrogen-bond acceptors (Lipinski definition) is 3. The number of nitrogen functional groups attached to an aromatic ring is 1. The Kier molecular flexibility index (Phi) is 4.53. The summed E-state index contributed by atoms with van der Waals surface area (Å²) in [5.74, 6) is 0.587. The third-order valence-electron chi connectivity index (χ3n) is 3.55. The normalized spacial score (nSPS) is 22.1. The maximum atomic E-state index is 12.7. The molecular weight excluding hydrogens is 328 g/mol. The Hall–Kier alpha value is -0.590. The molecule has 0 aromatic heterocycles. The molecule has 6 heteroatoms. The van der Waals surface area contributed by atoms with E-state index in [1.54, 1.807) is 16.4 Å². The Morgan fingerprint density at radius 1 is 1.32 bits per heavy atom. The number of halogens is 1. The van der Waals surface area contributed by atoms with Gasteiger partial charge < -0.3 is 5.73 Å². The van der Waals surface area contributed by atoms with Gasteiger partial charge in [0.1, 0.15) is 0 Å². The van der Waals surface area contributed by atoms with E-state index in [1.807, 2.05) is 0 Å². The molecule has 2 N–H and O–H groups in total. The van der Waals surface area contributed by atoms with E-state index in [0.717, 1.165) is 19.3 Å². The Balaban J connectivity index is 2.33. The van der Waals surface area contributed by atoms with Crippen LogP contribution in [0, 0.1) is 5.92 Å². The van der Waals surface area contributed by atoms with Crippen LogP contribution in [0.25, 0.3) is 0 Å². The highest BCUT2D eigenvalue weighted by molar-refractivity contribution is 9.10. The highest BCUT2D eigenvalue weighted by Gasteiger charge is 2.28. The summed E-state index contributed by atoms with van der Waals surface area (Å²) in [6.45, 7) is 3.35. The quantitative estimate of drug-likeness (QED) is 0.837. The number of rotatable bonds is 2. The molecular formula is C13H19BrN2O2S. The molecule has 1 aromatic rings. The Bertz CT molecular complexity index is 560. The topological polar surface area (TPSA) is 63.4 Å². The summed E-state index contributed by atoms with van der Waals surface area (Å²) in [6.07, 6.45) is 2.92. The van der Waals surface area contributed by atoms with E-state index in [4.69, 9.17) is 5.73 Å². The van der Waals surface area contributed by atoms with Gasteiger partial charge in [0, 0.05) is 23.2 Å². The summed E-state index contributed by atoms with van der Waals surface area (Å²) < 4.78 is 27.5. The summed E-state index contributed by atoms with van der Waals surface area (Å²) in [5, 5.41) is 0. The molecule has 0 amide bonds. The Morgan fingerprint density at radius 3 is 2.79 bits per heavy atom. The molecule has 4 nitrogen and oxygen atoms in total. The van der Waals surface area contributed by atoms with Crippen molar-refractivity contribution >= 4 is 31.6 Å². The van der Waals surface area contributed by atoms with Crippen LogP contribution in [-0.2, 0) is 10.0 Å². The zero-order valence-electron chi connectivity index (χ0n) is 11.0. The first kappa shape index (κ1) is 14.8. The predicted molar refractivity (Wildman–Crippen MR) is 80.3 cm³/mol. The minimum Gasteiger partial charge on any atom is -0.399 e. The van der Waals surface area contributed by atoms with Crippen molar-refractivity contribution in [2.24, 2.45) is 5.92 Å². The number of hydrogen-bond donors (Lipinski definition) is 1. The third kappa shape index (κ3) is 3.30. The fourth-order valence-corrected chi connectivity index (χ4v) is 4.79. The largest absolute Gasteiger partial charge is 0.399 e. The van der Waals surface area contributed by atoms with E-state index in [2.05, 4.69) is 22.9 Å². The number of benzene rings is 1. The standard InChI is InChI=1S/C13H19BrN2O2S/c1-10-3-2-7-16(8-6-10)19(17,18)13-9-11(15)4-5-12(13)14/h4-5,9-10H,2-3,6-8,15H2,1H3. The molecule has 1 fully saturated rings. The third-order valence-corrected chi connectivity index (χ3v) is 6.44. The zero-order valence-corrected chi connectivity index (χ0v) is 13.4. The first-order chi connectivity index (χ1) is 8.91. The van der Waals surface area contributed by atoms with E-state index in [1.165, 1.54) is 6.07 Å². The average molecular weight is 347 g/mol. The van der Waals surface area contributed by atoms with Crippen molar-refractivity contribution in [2.45, 2.75) is 31.1 Å². The van der Waals surface area contributed by atoms with Gasteiger partial charge in [-0.05, 0) is 59.3 Å². The van der Waals surface area contributed by atoms with E-state index in [9.17, 15) is 8.42 Å². The fraction of sp³-hybridized carbons (Fsp3) is 0.538. The molecule has 1 atom stereocenters. The van der Waals surface area contributed by atoms with Gasteiger partial charge in [0.05, 0.1) is 4.90 Å². The van der Waals surface area contributed by atoms with Crippen molar-refractivity contribution in [3.8, 4) is 0 Å². The van der Waals surface area contributed by atoms with E-state index in [0.29, 0.717) is 29.2 Å². The van der Waals surface area contributed by atoms with Crippen LogP contribution in [0.1, 0.15) is 26.2 Å². The van der Waals surface area contributed by atoms with Gasteiger partial charge in [-0.3, -0.25) is 0 Å². The number of nitrogens with zero attached hydrogens (tertiary/aromatic N) is 1. The summed E-state index contributed by atoms with van der Waals surface area (Å²) in [5.41, 5.74) is 6.17. The van der Waals surface area contributed by atoms with Gasteiger partial charge in [0.15, 0.2) is 0 Å². The van der Waals surface area contributed by atoms with E-state index >= 15 is 0 Å². The second-order valence-electron chi connectivity index (χ2n) is 5.13. The van der Waals surface area contributed by atoms with Gasteiger partial charge >= 0.3 is 0 Å². The van der Waals surface area contributed by atoms with Crippen molar-refractivity contribution in [1.82, 2.24) is 4.31 Å². The molecule has 0 saturated carbocycles. The van der Waals surface area contributed by atoms with Crippen molar-refractivity contribution in [3.63, 3.8) is 0 Å². The van der Waals surface area contributed by atoms with Gasteiger partial charge in [-0.25, -0.2) is 8.42 Å². The Labute approximate surface area is 123 Å². The molecule has 0 spiro atoms. The average Bonchev–Trinajstić information content (AvgIpc) is 2.57. The lowest BCUT2D eigenvalue weighted by atomic mass is 10.0. The highest BCUT2D eigenvalue weighted by atomic mass is 79.9. The number of nitrogens with two attached hydrogens (primary N) is 1. The summed E-state index contributed by atoms with van der Waals surface area (Å²) in [4.78, 5) is 0.266. The van der Waals surface area contributed by atoms with Gasteiger partial charge in [-0.2, -0.15) is 4.31 Å². The molecule has 1 unspecified atom stereocenters. The van der Waals surface area contributed by atoms with Crippen LogP contribution in [0.5, 0.6) is 0 Å². The molecule has 0 aliphatic carbocycles. The van der Waals surface area contributed by atoms with Gasteiger partial charge in [0.2, 0.25) is 10.0 Å². The zero-order chi connectivity index (χ0) is 14.0. The molecule has 1 aromatic carbocycles. The monoisotopic (exact) mass is 346 g/mol. The molecule has 1 aliphatic heterocycles. The maximum absolute atomic E-state index is 12.7. The van der Waals surface area contributed by atoms with Crippen LogP contribution in [0.15, 0.2) is 27.6 Å². The molecule has 2 rings (SSSR count). The van der Waals surface area contributed by atoms with Crippen molar-refractivity contribution in [2.75, 3.05) is 18.8 Å². The second-order valence-corrected chi connectivity index (χ2v) is 7.89. The van der Waals surface area contributed by atoms with Crippen molar-refractivity contribution < 1.29 is 8.42 Å². The van der Waals surface area contributed by atoms with Gasteiger partial charge in [0.25, 0.3) is 0 Å². The number of sulfonamides is 1. The maximum Gasteiger partial charge on any atom is 0.244 e. The lowest BCUT2D eigenvalue weighted by Gasteiger charge is -2.21. The van der Waals surface area contributed by atoms with Gasteiger partial charge in [-0.15, -0.1) is 0 Å². The lowest BCUT2D eigenvalue weighted by Crippen LogP contribution is -2.32. The number of anilines is 1. The van der Waals surface area contributed by atoms with Crippen LogP contribution in [0.4, 0.5) is 5.69 Å². The minimum absolute atomic E-state index is 0.266. The summed E-state index contributed by atoms with van der Waals surface area (Å²) >= 11 is 3.30. The van der Waals surface area contributed by atoms with Crippen LogP contribution in [-0.4, -0.2) is 25.8 Å². The summed E-state index contributed by atoms with van der Waals surface area (Å²) in [7, 11) is -3.46. The lowest BCUT2D eigenvalue weighted by molar-refractivity contribution is 0.416. The molecule has 106 valence electrons. The Morgan fingerprint density at radius 2 is 2.05 bits per heavy atom. The predicted octanol–water partition coefficient (Wildman–Crippen LogP) is 2.84. The minimum atomic E-state index is -3.46. The van der Waals surface area contributed by atoms with Crippen molar-refractivity contribution in [3.05, 3.63) is 22.7 Å². The molecule has 0 radical (unpaired) electrons.